The summed E-state index contributed by atoms with van der Waals surface area (Å²) in [6.07, 6.45) is 5.87. The number of ether oxygens (including phenoxy) is 2. The number of benzene rings is 1. The van der Waals surface area contributed by atoms with Crippen molar-refractivity contribution in [2.24, 2.45) is 5.16 Å². The van der Waals surface area contributed by atoms with Crippen LogP contribution in [-0.4, -0.2) is 26.0 Å². The summed E-state index contributed by atoms with van der Waals surface area (Å²) < 4.78 is 11.1. The van der Waals surface area contributed by atoms with E-state index in [-0.39, 0.29) is 11.1 Å². The topological polar surface area (TPSA) is 40.0 Å². The monoisotopic (exact) mass is 413 g/mol. The normalized spacial score (nSPS) is 10.7. The van der Waals surface area contributed by atoms with E-state index in [9.17, 15) is 0 Å². The maximum Gasteiger partial charge on any atom is 0.156 e. The van der Waals surface area contributed by atoms with Crippen LogP contribution >= 0.6 is 46.4 Å². The Bertz CT molecular complexity index is 537. The molecular formula is C16H19Cl4NO3. The smallest absolute Gasteiger partial charge is 0.156 e. The fourth-order valence-electron chi connectivity index (χ4n) is 1.54. The summed E-state index contributed by atoms with van der Waals surface area (Å²) in [5.41, 5.74) is 0. The number of hydrogen-bond donors (Lipinski definition) is 0. The number of hydrogen-bond acceptors (Lipinski definition) is 4. The van der Waals surface area contributed by atoms with Crippen molar-refractivity contribution in [1.82, 2.24) is 0 Å². The van der Waals surface area contributed by atoms with Gasteiger partial charge in [0.25, 0.3) is 0 Å². The van der Waals surface area contributed by atoms with E-state index in [4.69, 9.17) is 60.7 Å². The van der Waals surface area contributed by atoms with Gasteiger partial charge in [0.05, 0.1) is 16.7 Å². The summed E-state index contributed by atoms with van der Waals surface area (Å²) >= 11 is 23.3. The summed E-state index contributed by atoms with van der Waals surface area (Å²) in [6, 6.07) is 3.23. The highest BCUT2D eigenvalue weighted by Crippen LogP contribution is 2.37. The van der Waals surface area contributed by atoms with E-state index in [1.54, 1.807) is 18.3 Å². The number of nitrogens with zero attached hydrogens (tertiary/aromatic N) is 1. The number of halogens is 4. The van der Waals surface area contributed by atoms with Crippen molar-refractivity contribution in [3.8, 4) is 11.5 Å². The minimum atomic E-state index is 0.133. The summed E-state index contributed by atoms with van der Waals surface area (Å²) in [5, 5.41) is 4.54. The van der Waals surface area contributed by atoms with Crippen LogP contribution in [0.4, 0.5) is 0 Å². The van der Waals surface area contributed by atoms with E-state index in [0.717, 1.165) is 12.8 Å². The maximum atomic E-state index is 6.16. The Morgan fingerprint density at radius 1 is 1.12 bits per heavy atom. The Morgan fingerprint density at radius 3 is 2.46 bits per heavy atom. The predicted molar refractivity (Wildman–Crippen MR) is 101 cm³/mol. The molecule has 0 saturated carbocycles. The summed E-state index contributed by atoms with van der Waals surface area (Å²) in [5.74, 6) is 0.905. The molecule has 134 valence electrons. The fourth-order valence-corrected chi connectivity index (χ4v) is 2.25. The van der Waals surface area contributed by atoms with Crippen LogP contribution < -0.4 is 9.47 Å². The van der Waals surface area contributed by atoms with Crippen LogP contribution in [0.2, 0.25) is 10.0 Å². The highest BCUT2D eigenvalue weighted by atomic mass is 35.5. The quantitative estimate of drug-likeness (QED) is 0.243. The van der Waals surface area contributed by atoms with E-state index in [1.165, 1.54) is 6.08 Å². The van der Waals surface area contributed by atoms with E-state index < -0.39 is 0 Å². The van der Waals surface area contributed by atoms with Crippen LogP contribution in [0.25, 0.3) is 0 Å². The molecule has 1 aromatic carbocycles. The van der Waals surface area contributed by atoms with Crippen LogP contribution in [0.15, 0.2) is 27.9 Å². The summed E-state index contributed by atoms with van der Waals surface area (Å²) in [7, 11) is 0. The molecule has 1 rings (SSSR count). The molecule has 0 saturated heterocycles. The third-order valence-electron chi connectivity index (χ3n) is 2.65. The van der Waals surface area contributed by atoms with Crippen molar-refractivity contribution in [2.75, 3.05) is 19.8 Å². The molecule has 1 aromatic rings. The lowest BCUT2D eigenvalue weighted by Gasteiger charge is -2.12. The highest BCUT2D eigenvalue weighted by Gasteiger charge is 2.10. The van der Waals surface area contributed by atoms with Crippen LogP contribution in [0.3, 0.4) is 0 Å². The summed E-state index contributed by atoms with van der Waals surface area (Å²) in [6.45, 7) is 3.16. The van der Waals surface area contributed by atoms with Gasteiger partial charge < -0.3 is 14.3 Å². The van der Waals surface area contributed by atoms with E-state index in [0.29, 0.717) is 41.2 Å². The predicted octanol–water partition coefficient (Wildman–Crippen LogP) is 6.26. The van der Waals surface area contributed by atoms with Gasteiger partial charge in [-0.3, -0.25) is 0 Å². The average molecular weight is 415 g/mol. The second-order valence-electron chi connectivity index (χ2n) is 4.63. The number of unbranched alkanes of at least 4 members (excludes halogenated alkanes) is 1. The van der Waals surface area contributed by atoms with Gasteiger partial charge in [-0.2, -0.15) is 0 Å². The molecule has 0 bridgehead atoms. The Labute approximate surface area is 162 Å². The molecule has 0 aliphatic heterocycles. The van der Waals surface area contributed by atoms with Gasteiger partial charge in [-0.25, -0.2) is 0 Å². The second-order valence-corrected chi connectivity index (χ2v) is 6.45. The van der Waals surface area contributed by atoms with Crippen molar-refractivity contribution >= 4 is 52.6 Å². The SMILES string of the molecule is CCC/C=N/OCCCOc1c(Cl)cc(OCC=C(Cl)Cl)cc1Cl. The zero-order valence-electron chi connectivity index (χ0n) is 13.2. The molecule has 0 amide bonds. The second kappa shape index (κ2) is 12.5. The highest BCUT2D eigenvalue weighted by molar-refractivity contribution is 6.55. The zero-order valence-corrected chi connectivity index (χ0v) is 16.3. The number of rotatable bonds is 11. The molecule has 24 heavy (non-hydrogen) atoms. The van der Waals surface area contributed by atoms with Gasteiger partial charge in [-0.15, -0.1) is 0 Å². The van der Waals surface area contributed by atoms with Crippen LogP contribution in [0, 0.1) is 0 Å². The van der Waals surface area contributed by atoms with Gasteiger partial charge in [0.15, 0.2) is 5.75 Å². The van der Waals surface area contributed by atoms with Crippen molar-refractivity contribution in [3.63, 3.8) is 0 Å². The Hall–Kier alpha value is -0.810. The molecule has 4 nitrogen and oxygen atoms in total. The average Bonchev–Trinajstić information content (AvgIpc) is 2.51. The largest absolute Gasteiger partial charge is 0.490 e. The van der Waals surface area contributed by atoms with Gasteiger partial charge in [-0.1, -0.05) is 64.9 Å². The fraction of sp³-hybridized carbons (Fsp3) is 0.438. The molecular weight excluding hydrogens is 396 g/mol. The van der Waals surface area contributed by atoms with Crippen LogP contribution in [0.5, 0.6) is 11.5 Å². The molecule has 0 fully saturated rings. The number of oxime groups is 1. The molecule has 0 aliphatic carbocycles. The third kappa shape index (κ3) is 8.88. The molecule has 0 aromatic heterocycles. The Morgan fingerprint density at radius 2 is 1.83 bits per heavy atom. The lowest BCUT2D eigenvalue weighted by Crippen LogP contribution is -2.02. The Kier molecular flexibility index (Phi) is 11.1. The minimum absolute atomic E-state index is 0.133. The van der Waals surface area contributed by atoms with Gasteiger partial charge in [0.2, 0.25) is 0 Å². The van der Waals surface area contributed by atoms with Crippen molar-refractivity contribution in [2.45, 2.75) is 26.2 Å². The van der Waals surface area contributed by atoms with Crippen LogP contribution in [-0.2, 0) is 4.84 Å². The van der Waals surface area contributed by atoms with Gasteiger partial charge in [-0.05, 0) is 12.5 Å². The summed E-state index contributed by atoms with van der Waals surface area (Å²) in [4.78, 5) is 5.09. The van der Waals surface area contributed by atoms with Gasteiger partial charge >= 0.3 is 0 Å². The molecule has 0 spiro atoms. The van der Waals surface area contributed by atoms with Gasteiger partial charge in [0.1, 0.15) is 23.5 Å². The molecule has 0 N–H and O–H groups in total. The molecule has 8 heteroatoms. The standard InChI is InChI=1S/C16H19Cl4NO3/c1-2-3-6-21-24-8-4-7-23-16-13(17)10-12(11-14(16)18)22-9-5-15(19)20/h5-6,10-11H,2-4,7-9H2,1H3/b21-6+. The first kappa shape index (κ1) is 21.2. The first-order valence-corrected chi connectivity index (χ1v) is 8.95. The first-order chi connectivity index (χ1) is 11.5. The lowest BCUT2D eigenvalue weighted by molar-refractivity contribution is 0.128. The zero-order chi connectivity index (χ0) is 17.8. The molecule has 0 atom stereocenters. The Balaban J connectivity index is 2.41. The van der Waals surface area contributed by atoms with Crippen molar-refractivity contribution < 1.29 is 14.3 Å². The lowest BCUT2D eigenvalue weighted by atomic mass is 10.3. The first-order valence-electron chi connectivity index (χ1n) is 7.44. The molecule has 0 heterocycles. The minimum Gasteiger partial charge on any atom is -0.490 e. The van der Waals surface area contributed by atoms with Crippen molar-refractivity contribution in [1.29, 1.82) is 0 Å². The molecule has 0 radical (unpaired) electrons. The molecule has 0 unspecified atom stereocenters. The van der Waals surface area contributed by atoms with E-state index in [1.807, 2.05) is 0 Å². The van der Waals surface area contributed by atoms with E-state index in [2.05, 4.69) is 12.1 Å². The van der Waals surface area contributed by atoms with E-state index >= 15 is 0 Å². The van der Waals surface area contributed by atoms with Gasteiger partial charge in [0, 0.05) is 24.8 Å². The maximum absolute atomic E-state index is 6.16. The third-order valence-corrected chi connectivity index (χ3v) is 3.52. The van der Waals surface area contributed by atoms with Crippen LogP contribution in [0.1, 0.15) is 26.2 Å². The van der Waals surface area contributed by atoms with Crippen molar-refractivity contribution in [3.05, 3.63) is 32.7 Å². The molecule has 0 aliphatic rings.